The van der Waals surface area contributed by atoms with Crippen molar-refractivity contribution in [1.29, 1.82) is 0 Å². The summed E-state index contributed by atoms with van der Waals surface area (Å²) in [5, 5.41) is 0. The molecule has 2 aromatic carbocycles. The molecule has 0 bridgehead atoms. The monoisotopic (exact) mass is 429 g/mol. The van der Waals surface area contributed by atoms with Crippen molar-refractivity contribution in [3.63, 3.8) is 0 Å². The van der Waals surface area contributed by atoms with Crippen LogP contribution in [-0.4, -0.2) is 43.0 Å². The van der Waals surface area contributed by atoms with Crippen molar-refractivity contribution >= 4 is 21.1 Å². The van der Waals surface area contributed by atoms with E-state index < -0.39 is 10.0 Å². The van der Waals surface area contributed by atoms with Crippen LogP contribution in [0.4, 0.5) is 0 Å². The van der Waals surface area contributed by atoms with E-state index in [1.807, 2.05) is 24.3 Å². The molecule has 7 nitrogen and oxygen atoms in total. The molecule has 0 amide bonds. The zero-order valence-electron chi connectivity index (χ0n) is 17.7. The number of rotatable bonds is 6. The number of sulfonamides is 1. The quantitative estimate of drug-likeness (QED) is 0.588. The van der Waals surface area contributed by atoms with Crippen LogP contribution in [0.3, 0.4) is 0 Å². The summed E-state index contributed by atoms with van der Waals surface area (Å²) in [5.41, 5.74) is 1.91. The minimum Gasteiger partial charge on any atom is -0.493 e. The van der Waals surface area contributed by atoms with Gasteiger partial charge in [-0.15, -0.1) is 0 Å². The Bertz CT molecular complexity index is 1170. The fraction of sp³-hybridized carbons (Fsp3) is 0.409. The van der Waals surface area contributed by atoms with Gasteiger partial charge in [-0.2, -0.15) is 4.31 Å². The molecule has 2 heterocycles. The number of fused-ring (bicyclic) bond motifs is 1. The Hall–Kier alpha value is -2.58. The maximum absolute atomic E-state index is 13.6. The van der Waals surface area contributed by atoms with Crippen LogP contribution in [0.1, 0.15) is 44.6 Å². The molecular formula is C22H27N3O4S. The first kappa shape index (κ1) is 20.7. The Labute approximate surface area is 177 Å². The van der Waals surface area contributed by atoms with Gasteiger partial charge in [-0.3, -0.25) is 0 Å². The lowest BCUT2D eigenvalue weighted by molar-refractivity contribution is 0.352. The van der Waals surface area contributed by atoms with Gasteiger partial charge in [0.1, 0.15) is 5.82 Å². The van der Waals surface area contributed by atoms with Crippen molar-refractivity contribution < 1.29 is 17.9 Å². The lowest BCUT2D eigenvalue weighted by Gasteiger charge is -2.26. The molecule has 1 aliphatic rings. The van der Waals surface area contributed by atoms with Gasteiger partial charge in [-0.05, 0) is 51.0 Å². The molecule has 160 valence electrons. The van der Waals surface area contributed by atoms with Crippen LogP contribution >= 0.6 is 0 Å². The Morgan fingerprint density at radius 2 is 1.80 bits per heavy atom. The first-order chi connectivity index (χ1) is 14.4. The highest BCUT2D eigenvalue weighted by atomic mass is 32.2. The fourth-order valence-corrected chi connectivity index (χ4v) is 5.91. The standard InChI is InChI=1S/C22H27N3O4S/c1-15(2)25-18-9-6-5-8-17(18)23-22(25)19-10-7-13-24(19)30(26,27)16-11-12-20(28-3)21(14-16)29-4/h5-6,8-9,11-12,14-15,19H,7,10,13H2,1-4H3/t19-/m1/s1. The summed E-state index contributed by atoms with van der Waals surface area (Å²) in [6.07, 6.45) is 1.53. The molecule has 0 radical (unpaired) electrons. The number of benzene rings is 2. The second-order valence-corrected chi connectivity index (χ2v) is 9.60. The average Bonchev–Trinajstić information content (AvgIpc) is 3.37. The molecule has 30 heavy (non-hydrogen) atoms. The van der Waals surface area contributed by atoms with E-state index in [0.29, 0.717) is 18.0 Å². The van der Waals surface area contributed by atoms with Gasteiger partial charge >= 0.3 is 0 Å². The van der Waals surface area contributed by atoms with Gasteiger partial charge in [0.25, 0.3) is 0 Å². The maximum Gasteiger partial charge on any atom is 0.243 e. The third-order valence-corrected chi connectivity index (χ3v) is 7.51. The summed E-state index contributed by atoms with van der Waals surface area (Å²) in [5.74, 6) is 1.69. The lowest BCUT2D eigenvalue weighted by Crippen LogP contribution is -2.32. The van der Waals surface area contributed by atoms with Gasteiger partial charge in [-0.25, -0.2) is 13.4 Å². The van der Waals surface area contributed by atoms with E-state index in [2.05, 4.69) is 18.4 Å². The molecule has 0 spiro atoms. The van der Waals surface area contributed by atoms with Crippen molar-refractivity contribution in [2.45, 2.75) is 43.7 Å². The number of aromatic nitrogens is 2. The highest BCUT2D eigenvalue weighted by molar-refractivity contribution is 7.89. The molecular weight excluding hydrogens is 402 g/mol. The lowest BCUT2D eigenvalue weighted by atomic mass is 10.2. The number of methoxy groups -OCH3 is 2. The van der Waals surface area contributed by atoms with E-state index in [4.69, 9.17) is 14.5 Å². The van der Waals surface area contributed by atoms with Crippen LogP contribution in [0, 0.1) is 0 Å². The van der Waals surface area contributed by atoms with E-state index in [1.54, 1.807) is 16.4 Å². The highest BCUT2D eigenvalue weighted by Gasteiger charge is 2.39. The van der Waals surface area contributed by atoms with Gasteiger partial charge < -0.3 is 14.0 Å². The van der Waals surface area contributed by atoms with Crippen LogP contribution in [-0.2, 0) is 10.0 Å². The topological polar surface area (TPSA) is 73.7 Å². The number of hydrogen-bond acceptors (Lipinski definition) is 5. The molecule has 8 heteroatoms. The van der Waals surface area contributed by atoms with Crippen LogP contribution in [0.5, 0.6) is 11.5 Å². The molecule has 1 saturated heterocycles. The second kappa shape index (κ2) is 7.92. The van der Waals surface area contributed by atoms with Crippen molar-refractivity contribution in [2.24, 2.45) is 0 Å². The smallest absolute Gasteiger partial charge is 0.243 e. The number of imidazole rings is 1. The van der Waals surface area contributed by atoms with Gasteiger partial charge in [0, 0.05) is 18.7 Å². The van der Waals surface area contributed by atoms with Crippen molar-refractivity contribution in [1.82, 2.24) is 13.9 Å². The molecule has 4 rings (SSSR count). The summed E-state index contributed by atoms with van der Waals surface area (Å²) < 4.78 is 41.4. The molecule has 0 saturated carbocycles. The number of para-hydroxylation sites is 2. The molecule has 0 N–H and O–H groups in total. The second-order valence-electron chi connectivity index (χ2n) is 7.71. The van der Waals surface area contributed by atoms with Gasteiger partial charge in [0.2, 0.25) is 10.0 Å². The third-order valence-electron chi connectivity index (χ3n) is 5.60. The SMILES string of the molecule is COc1ccc(S(=O)(=O)N2CCC[C@@H]2c2nc3ccccc3n2C(C)C)cc1OC. The number of ether oxygens (including phenoxy) is 2. The number of hydrogen-bond donors (Lipinski definition) is 0. The summed E-state index contributed by atoms with van der Waals surface area (Å²) in [7, 11) is -0.704. The summed E-state index contributed by atoms with van der Waals surface area (Å²) in [4.78, 5) is 5.04. The Balaban J connectivity index is 1.79. The van der Waals surface area contributed by atoms with E-state index >= 15 is 0 Å². The molecule has 1 aromatic heterocycles. The minimum atomic E-state index is -3.73. The Morgan fingerprint density at radius 1 is 1.07 bits per heavy atom. The summed E-state index contributed by atoms with van der Waals surface area (Å²) >= 11 is 0. The predicted molar refractivity (Wildman–Crippen MR) is 116 cm³/mol. The first-order valence-electron chi connectivity index (χ1n) is 10.1. The van der Waals surface area contributed by atoms with E-state index in [1.165, 1.54) is 20.3 Å². The zero-order chi connectivity index (χ0) is 21.5. The normalized spacial score (nSPS) is 17.7. The van der Waals surface area contributed by atoms with Crippen LogP contribution in [0.15, 0.2) is 47.4 Å². The van der Waals surface area contributed by atoms with Crippen molar-refractivity contribution in [2.75, 3.05) is 20.8 Å². The fourth-order valence-electron chi connectivity index (χ4n) is 4.24. The van der Waals surface area contributed by atoms with Gasteiger partial charge in [0.15, 0.2) is 11.5 Å². The first-order valence-corrected chi connectivity index (χ1v) is 11.5. The average molecular weight is 430 g/mol. The molecule has 0 unspecified atom stereocenters. The molecule has 1 fully saturated rings. The number of nitrogens with zero attached hydrogens (tertiary/aromatic N) is 3. The van der Waals surface area contributed by atoms with Crippen LogP contribution in [0.25, 0.3) is 11.0 Å². The summed E-state index contributed by atoms with van der Waals surface area (Å²) in [6, 6.07) is 12.5. The molecule has 1 aliphatic heterocycles. The Morgan fingerprint density at radius 3 is 2.50 bits per heavy atom. The highest BCUT2D eigenvalue weighted by Crippen LogP contribution is 2.40. The van der Waals surface area contributed by atoms with Gasteiger partial charge in [0.05, 0.1) is 36.2 Å². The zero-order valence-corrected chi connectivity index (χ0v) is 18.5. The predicted octanol–water partition coefficient (Wildman–Crippen LogP) is 4.16. The van der Waals surface area contributed by atoms with Gasteiger partial charge in [-0.1, -0.05) is 12.1 Å². The van der Waals surface area contributed by atoms with Crippen molar-refractivity contribution in [3.05, 3.63) is 48.3 Å². The van der Waals surface area contributed by atoms with Crippen LogP contribution < -0.4 is 9.47 Å². The van der Waals surface area contributed by atoms with E-state index in [9.17, 15) is 8.42 Å². The molecule has 3 aromatic rings. The molecule has 1 atom stereocenters. The Kier molecular flexibility index (Phi) is 5.46. The maximum atomic E-state index is 13.6. The van der Waals surface area contributed by atoms with E-state index in [0.717, 1.165) is 29.7 Å². The summed E-state index contributed by atoms with van der Waals surface area (Å²) in [6.45, 7) is 4.65. The van der Waals surface area contributed by atoms with E-state index in [-0.39, 0.29) is 17.0 Å². The largest absolute Gasteiger partial charge is 0.493 e. The third kappa shape index (κ3) is 3.33. The van der Waals surface area contributed by atoms with Crippen LogP contribution in [0.2, 0.25) is 0 Å². The minimum absolute atomic E-state index is 0.165. The van der Waals surface area contributed by atoms with Crippen molar-refractivity contribution in [3.8, 4) is 11.5 Å². The molecule has 0 aliphatic carbocycles.